The second-order valence-electron chi connectivity index (χ2n) is 6.62. The minimum atomic E-state index is 0. The van der Waals surface area contributed by atoms with Gasteiger partial charge in [0.05, 0.1) is 21.3 Å². The van der Waals surface area contributed by atoms with Gasteiger partial charge in [0.15, 0.2) is 17.5 Å². The van der Waals surface area contributed by atoms with Crippen LogP contribution in [0, 0.1) is 0 Å². The number of unbranched alkanes of at least 4 members (excludes halogenated alkanes) is 1. The number of nitrogens with one attached hydrogen (secondary N) is 1. The molecule has 1 heterocycles. The molecule has 0 aromatic heterocycles. The number of nitrogens with zero attached hydrogens (tertiary/aromatic N) is 3. The summed E-state index contributed by atoms with van der Waals surface area (Å²) >= 11 is 0. The van der Waals surface area contributed by atoms with Gasteiger partial charge in [0.25, 0.3) is 0 Å². The number of aliphatic imine (C=N–C) groups is 1. The Balaban J connectivity index is 0.00000392. The molecular weight excluding hydrogens is 471 g/mol. The van der Waals surface area contributed by atoms with Crippen molar-refractivity contribution < 1.29 is 14.2 Å². The van der Waals surface area contributed by atoms with Gasteiger partial charge in [0.2, 0.25) is 5.75 Å². The number of methoxy groups -OCH3 is 3. The Hall–Kier alpha value is -1.42. The highest BCUT2D eigenvalue weighted by Crippen LogP contribution is 2.38. The number of hydrogen-bond acceptors (Lipinski definition) is 5. The fraction of sp³-hybridized carbons (Fsp3) is 0.650. The van der Waals surface area contributed by atoms with E-state index >= 15 is 0 Å². The first-order valence-electron chi connectivity index (χ1n) is 9.63. The third-order valence-corrected chi connectivity index (χ3v) is 4.83. The number of halogens is 1. The van der Waals surface area contributed by atoms with Gasteiger partial charge in [-0.15, -0.1) is 24.0 Å². The predicted molar refractivity (Wildman–Crippen MR) is 125 cm³/mol. The van der Waals surface area contributed by atoms with E-state index in [2.05, 4.69) is 27.0 Å². The van der Waals surface area contributed by atoms with Crippen LogP contribution in [0.4, 0.5) is 0 Å². The van der Waals surface area contributed by atoms with Crippen LogP contribution >= 0.6 is 24.0 Å². The van der Waals surface area contributed by atoms with Crippen molar-refractivity contribution in [2.75, 3.05) is 61.1 Å². The summed E-state index contributed by atoms with van der Waals surface area (Å²) in [4.78, 5) is 9.20. The average Bonchev–Trinajstić information content (AvgIpc) is 2.71. The van der Waals surface area contributed by atoms with Gasteiger partial charge in [-0.05, 0) is 24.1 Å². The van der Waals surface area contributed by atoms with Gasteiger partial charge < -0.3 is 24.4 Å². The van der Waals surface area contributed by atoms with Gasteiger partial charge in [0.1, 0.15) is 0 Å². The first-order valence-corrected chi connectivity index (χ1v) is 9.63. The molecule has 0 spiro atoms. The second-order valence-corrected chi connectivity index (χ2v) is 6.62. The molecule has 1 aliphatic rings. The monoisotopic (exact) mass is 506 g/mol. The maximum Gasteiger partial charge on any atom is 0.203 e. The first-order chi connectivity index (χ1) is 13.2. The van der Waals surface area contributed by atoms with E-state index in [-0.39, 0.29) is 24.0 Å². The van der Waals surface area contributed by atoms with E-state index in [1.165, 1.54) is 12.8 Å². The van der Waals surface area contributed by atoms with Crippen molar-refractivity contribution in [3.05, 3.63) is 17.7 Å². The van der Waals surface area contributed by atoms with Crippen molar-refractivity contribution in [1.29, 1.82) is 0 Å². The lowest BCUT2D eigenvalue weighted by atomic mass is 10.1. The molecule has 8 heteroatoms. The lowest BCUT2D eigenvalue weighted by molar-refractivity contribution is 0.172. The maximum absolute atomic E-state index is 5.46. The molecule has 0 saturated carbocycles. The number of hydrogen-bond donors (Lipinski definition) is 1. The van der Waals surface area contributed by atoms with E-state index in [1.807, 2.05) is 19.2 Å². The number of ether oxygens (including phenoxy) is 3. The molecule has 160 valence electrons. The Morgan fingerprint density at radius 1 is 1.04 bits per heavy atom. The Morgan fingerprint density at radius 2 is 1.64 bits per heavy atom. The number of piperazine rings is 1. The second kappa shape index (κ2) is 12.9. The first kappa shape index (κ1) is 24.6. The van der Waals surface area contributed by atoms with E-state index in [4.69, 9.17) is 14.2 Å². The van der Waals surface area contributed by atoms with Crippen LogP contribution in [0.5, 0.6) is 17.2 Å². The van der Waals surface area contributed by atoms with Crippen molar-refractivity contribution in [1.82, 2.24) is 15.1 Å². The summed E-state index contributed by atoms with van der Waals surface area (Å²) in [5.74, 6) is 3.04. The van der Waals surface area contributed by atoms with Gasteiger partial charge in [0, 0.05) is 46.3 Å². The quantitative estimate of drug-likeness (QED) is 0.253. The van der Waals surface area contributed by atoms with Crippen LogP contribution in [-0.2, 0) is 6.54 Å². The van der Waals surface area contributed by atoms with Crippen LogP contribution in [0.2, 0.25) is 0 Å². The van der Waals surface area contributed by atoms with E-state index in [1.54, 1.807) is 21.3 Å². The van der Waals surface area contributed by atoms with Gasteiger partial charge in [-0.25, -0.2) is 0 Å². The molecule has 0 radical (unpaired) electrons. The van der Waals surface area contributed by atoms with E-state index in [0.717, 1.165) is 50.8 Å². The highest BCUT2D eigenvalue weighted by atomic mass is 127. The SMILES string of the molecule is CCCCNC(=NC)N1CCN(Cc2cc(OC)c(OC)c(OC)c2)CC1.I. The van der Waals surface area contributed by atoms with Crippen LogP contribution in [0.3, 0.4) is 0 Å². The summed E-state index contributed by atoms with van der Waals surface area (Å²) in [5, 5.41) is 3.46. The molecule has 28 heavy (non-hydrogen) atoms. The molecule has 2 rings (SSSR count). The van der Waals surface area contributed by atoms with Gasteiger partial charge in [-0.2, -0.15) is 0 Å². The van der Waals surface area contributed by atoms with Crippen LogP contribution in [-0.4, -0.2) is 76.9 Å². The molecule has 1 aromatic carbocycles. The molecule has 0 unspecified atom stereocenters. The Morgan fingerprint density at radius 3 is 2.11 bits per heavy atom. The van der Waals surface area contributed by atoms with Crippen molar-refractivity contribution in [2.24, 2.45) is 4.99 Å². The fourth-order valence-corrected chi connectivity index (χ4v) is 3.31. The summed E-state index contributed by atoms with van der Waals surface area (Å²) in [6, 6.07) is 4.05. The van der Waals surface area contributed by atoms with Crippen molar-refractivity contribution in [2.45, 2.75) is 26.3 Å². The molecule has 1 aromatic rings. The van der Waals surface area contributed by atoms with Crippen molar-refractivity contribution in [3.8, 4) is 17.2 Å². The summed E-state index contributed by atoms with van der Waals surface area (Å²) in [5.41, 5.74) is 1.16. The van der Waals surface area contributed by atoms with Gasteiger partial charge in [-0.3, -0.25) is 9.89 Å². The van der Waals surface area contributed by atoms with Crippen molar-refractivity contribution in [3.63, 3.8) is 0 Å². The van der Waals surface area contributed by atoms with Gasteiger partial charge in [-0.1, -0.05) is 13.3 Å². The Labute approximate surface area is 186 Å². The molecule has 0 aliphatic carbocycles. The Bertz CT molecular complexity index is 594. The summed E-state index contributed by atoms with van der Waals surface area (Å²) < 4.78 is 16.3. The van der Waals surface area contributed by atoms with E-state index < -0.39 is 0 Å². The molecule has 7 nitrogen and oxygen atoms in total. The fourth-order valence-electron chi connectivity index (χ4n) is 3.31. The third-order valence-electron chi connectivity index (χ3n) is 4.83. The van der Waals surface area contributed by atoms with Crippen LogP contribution in [0.1, 0.15) is 25.3 Å². The summed E-state index contributed by atoms with van der Waals surface area (Å²) in [7, 11) is 6.78. The normalized spacial score (nSPS) is 15.0. The van der Waals surface area contributed by atoms with E-state index in [9.17, 15) is 0 Å². The molecule has 0 amide bonds. The zero-order valence-electron chi connectivity index (χ0n) is 17.8. The Kier molecular flexibility index (Phi) is 11.4. The largest absolute Gasteiger partial charge is 0.493 e. The zero-order valence-corrected chi connectivity index (χ0v) is 20.1. The molecule has 0 atom stereocenters. The lowest BCUT2D eigenvalue weighted by Crippen LogP contribution is -2.52. The number of rotatable bonds is 8. The third kappa shape index (κ3) is 6.58. The average molecular weight is 506 g/mol. The van der Waals surface area contributed by atoms with Gasteiger partial charge >= 0.3 is 0 Å². The molecule has 1 fully saturated rings. The zero-order chi connectivity index (χ0) is 19.6. The van der Waals surface area contributed by atoms with Crippen LogP contribution in [0.25, 0.3) is 0 Å². The highest BCUT2D eigenvalue weighted by molar-refractivity contribution is 14.0. The molecule has 1 saturated heterocycles. The molecule has 0 bridgehead atoms. The van der Waals surface area contributed by atoms with Crippen LogP contribution in [0.15, 0.2) is 17.1 Å². The lowest BCUT2D eigenvalue weighted by Gasteiger charge is -2.36. The smallest absolute Gasteiger partial charge is 0.203 e. The molecular formula is C20H35IN4O3. The van der Waals surface area contributed by atoms with Crippen molar-refractivity contribution >= 4 is 29.9 Å². The number of guanidine groups is 1. The minimum absolute atomic E-state index is 0. The molecule has 1 aliphatic heterocycles. The summed E-state index contributed by atoms with van der Waals surface area (Å²) in [6.45, 7) is 7.95. The summed E-state index contributed by atoms with van der Waals surface area (Å²) in [6.07, 6.45) is 2.35. The van der Waals surface area contributed by atoms with Crippen LogP contribution < -0.4 is 19.5 Å². The molecule has 1 N–H and O–H groups in total. The standard InChI is InChI=1S/C20H34N4O3.HI/c1-6-7-8-22-20(21-2)24-11-9-23(10-12-24)15-16-13-17(25-3)19(27-5)18(14-16)26-4;/h13-14H,6-12,15H2,1-5H3,(H,21,22);1H. The van der Waals surface area contributed by atoms with E-state index in [0.29, 0.717) is 17.2 Å². The maximum atomic E-state index is 5.46. The minimum Gasteiger partial charge on any atom is -0.493 e. The number of benzene rings is 1. The highest BCUT2D eigenvalue weighted by Gasteiger charge is 2.21. The predicted octanol–water partition coefficient (Wildman–Crippen LogP) is 2.82. The topological polar surface area (TPSA) is 58.6 Å².